The van der Waals surface area contributed by atoms with Crippen molar-refractivity contribution in [2.75, 3.05) is 7.11 Å². The van der Waals surface area contributed by atoms with Gasteiger partial charge in [-0.3, -0.25) is 0 Å². The molecule has 0 spiro atoms. The molecule has 1 unspecified atom stereocenters. The summed E-state index contributed by atoms with van der Waals surface area (Å²) < 4.78 is 5.38. The van der Waals surface area contributed by atoms with Crippen molar-refractivity contribution in [3.63, 3.8) is 0 Å². The van der Waals surface area contributed by atoms with E-state index in [-0.39, 0.29) is 0 Å². The number of methoxy groups -OCH3 is 1. The predicted molar refractivity (Wildman–Crippen MR) is 70.4 cm³/mol. The molecule has 2 heteroatoms. The van der Waals surface area contributed by atoms with Gasteiger partial charge < -0.3 is 4.74 Å². The molecule has 1 atom stereocenters. The van der Waals surface area contributed by atoms with Gasteiger partial charge in [0.2, 0.25) is 5.88 Å². The van der Waals surface area contributed by atoms with Gasteiger partial charge in [-0.15, -0.1) is 0 Å². The average molecular weight is 233 g/mol. The molecule has 1 saturated carbocycles. The van der Waals surface area contributed by atoms with E-state index in [0.717, 1.165) is 5.88 Å². The first-order chi connectivity index (χ1) is 8.12. The van der Waals surface area contributed by atoms with Gasteiger partial charge in [0.25, 0.3) is 0 Å². The number of ether oxygens (including phenoxy) is 1. The highest BCUT2D eigenvalue weighted by atomic mass is 16.5. The van der Waals surface area contributed by atoms with Crippen LogP contribution in [0, 0.1) is 5.41 Å². The van der Waals surface area contributed by atoms with Crippen LogP contribution >= 0.6 is 0 Å². The molecule has 1 aromatic heterocycles. The highest BCUT2D eigenvalue weighted by Gasteiger charge is 2.26. The lowest BCUT2D eigenvalue weighted by Gasteiger charge is -2.22. The van der Waals surface area contributed by atoms with Crippen LogP contribution in [0.5, 0.6) is 5.88 Å². The first-order valence-corrected chi connectivity index (χ1v) is 6.61. The van der Waals surface area contributed by atoms with Crippen LogP contribution in [0.4, 0.5) is 0 Å². The molecule has 94 valence electrons. The zero-order chi connectivity index (χ0) is 12.3. The Kier molecular flexibility index (Phi) is 3.70. The summed E-state index contributed by atoms with van der Waals surface area (Å²) in [5.74, 6) is 1.44. The van der Waals surface area contributed by atoms with E-state index in [0.29, 0.717) is 11.3 Å². The molecule has 1 aromatic rings. The molecule has 0 aliphatic heterocycles. The van der Waals surface area contributed by atoms with E-state index in [1.807, 2.05) is 12.3 Å². The Labute approximate surface area is 104 Å². The zero-order valence-electron chi connectivity index (χ0n) is 11.2. The Balaban J connectivity index is 2.17. The van der Waals surface area contributed by atoms with Gasteiger partial charge in [-0.2, -0.15) is 0 Å². The average Bonchev–Trinajstić information content (AvgIpc) is 2.50. The minimum atomic E-state index is 0.504. The van der Waals surface area contributed by atoms with Crippen LogP contribution in [0.1, 0.15) is 57.4 Å². The second-order valence-corrected chi connectivity index (χ2v) is 5.89. The normalized spacial score (nSPS) is 24.1. The van der Waals surface area contributed by atoms with Crippen LogP contribution in [-0.2, 0) is 0 Å². The van der Waals surface area contributed by atoms with Crippen molar-refractivity contribution in [3.05, 3.63) is 23.9 Å². The van der Waals surface area contributed by atoms with E-state index in [9.17, 15) is 0 Å². The second kappa shape index (κ2) is 5.07. The molecule has 0 saturated heterocycles. The molecule has 2 rings (SSSR count). The number of aromatic nitrogens is 1. The minimum absolute atomic E-state index is 0.504. The minimum Gasteiger partial charge on any atom is -0.481 e. The van der Waals surface area contributed by atoms with Crippen molar-refractivity contribution in [1.29, 1.82) is 0 Å². The second-order valence-electron chi connectivity index (χ2n) is 5.89. The Morgan fingerprint density at radius 2 is 2.12 bits per heavy atom. The van der Waals surface area contributed by atoms with Gasteiger partial charge in [0.15, 0.2) is 0 Å². The fraction of sp³-hybridized carbons (Fsp3) is 0.667. The maximum atomic E-state index is 5.38. The van der Waals surface area contributed by atoms with Crippen LogP contribution in [0.3, 0.4) is 0 Å². The number of pyridine rings is 1. The summed E-state index contributed by atoms with van der Waals surface area (Å²) in [6.07, 6.45) is 8.29. The van der Waals surface area contributed by atoms with E-state index >= 15 is 0 Å². The Hall–Kier alpha value is -1.05. The molecule has 0 N–H and O–H groups in total. The van der Waals surface area contributed by atoms with E-state index in [1.54, 1.807) is 7.11 Å². The molecular formula is C15H23NO. The van der Waals surface area contributed by atoms with Gasteiger partial charge >= 0.3 is 0 Å². The summed E-state index contributed by atoms with van der Waals surface area (Å²) in [5.41, 5.74) is 1.80. The quantitative estimate of drug-likeness (QED) is 0.715. The fourth-order valence-corrected chi connectivity index (χ4v) is 2.86. The predicted octanol–water partition coefficient (Wildman–Crippen LogP) is 4.16. The smallest absolute Gasteiger partial charge is 0.216 e. The van der Waals surface area contributed by atoms with E-state index in [1.165, 1.54) is 37.7 Å². The molecule has 2 nitrogen and oxygen atoms in total. The Bertz CT molecular complexity index is 373. The van der Waals surface area contributed by atoms with Gasteiger partial charge in [-0.05, 0) is 43.1 Å². The molecule has 0 bridgehead atoms. The van der Waals surface area contributed by atoms with Crippen LogP contribution in [-0.4, -0.2) is 12.1 Å². The van der Waals surface area contributed by atoms with Crippen LogP contribution in [0.25, 0.3) is 0 Å². The molecule has 1 fully saturated rings. The van der Waals surface area contributed by atoms with Gasteiger partial charge in [-0.25, -0.2) is 4.98 Å². The third kappa shape index (κ3) is 2.99. The molecule has 0 radical (unpaired) electrons. The summed E-state index contributed by atoms with van der Waals surface area (Å²) in [6.45, 7) is 4.77. The number of hydrogen-bond donors (Lipinski definition) is 0. The summed E-state index contributed by atoms with van der Waals surface area (Å²) >= 11 is 0. The molecule has 1 aliphatic rings. The van der Waals surface area contributed by atoms with E-state index in [2.05, 4.69) is 24.9 Å². The number of nitrogens with zero attached hydrogens (tertiary/aromatic N) is 1. The topological polar surface area (TPSA) is 22.1 Å². The molecular weight excluding hydrogens is 210 g/mol. The first kappa shape index (κ1) is 12.4. The monoisotopic (exact) mass is 233 g/mol. The standard InChI is InChI=1S/C15H23NO/c1-15(2)9-4-6-12(8-10-15)13-7-5-11-16-14(13)17-3/h5,7,11-12H,4,6,8-10H2,1-3H3. The van der Waals surface area contributed by atoms with Gasteiger partial charge in [0.1, 0.15) is 0 Å². The number of rotatable bonds is 2. The van der Waals surface area contributed by atoms with Crippen LogP contribution < -0.4 is 4.74 Å². The summed E-state index contributed by atoms with van der Waals surface area (Å²) in [7, 11) is 1.71. The Morgan fingerprint density at radius 3 is 2.88 bits per heavy atom. The van der Waals surface area contributed by atoms with E-state index < -0.39 is 0 Å². The Morgan fingerprint density at radius 1 is 1.29 bits per heavy atom. The van der Waals surface area contributed by atoms with Crippen molar-refractivity contribution in [2.45, 2.75) is 51.9 Å². The third-order valence-electron chi connectivity index (χ3n) is 4.01. The SMILES string of the molecule is COc1ncccc1C1CCCC(C)(C)CC1. The number of hydrogen-bond acceptors (Lipinski definition) is 2. The van der Waals surface area contributed by atoms with Crippen molar-refractivity contribution in [2.24, 2.45) is 5.41 Å². The van der Waals surface area contributed by atoms with Gasteiger partial charge in [-0.1, -0.05) is 26.3 Å². The molecule has 1 heterocycles. The maximum absolute atomic E-state index is 5.38. The summed E-state index contributed by atoms with van der Waals surface area (Å²) in [4.78, 5) is 4.32. The largest absolute Gasteiger partial charge is 0.481 e. The van der Waals surface area contributed by atoms with Gasteiger partial charge in [0, 0.05) is 11.8 Å². The lowest BCUT2D eigenvalue weighted by atomic mass is 9.84. The third-order valence-corrected chi connectivity index (χ3v) is 4.01. The van der Waals surface area contributed by atoms with Gasteiger partial charge in [0.05, 0.1) is 7.11 Å². The molecule has 1 aliphatic carbocycles. The van der Waals surface area contributed by atoms with E-state index in [4.69, 9.17) is 4.74 Å². The van der Waals surface area contributed by atoms with Crippen LogP contribution in [0.2, 0.25) is 0 Å². The summed E-state index contributed by atoms with van der Waals surface area (Å²) in [5, 5.41) is 0. The van der Waals surface area contributed by atoms with Crippen molar-refractivity contribution in [3.8, 4) is 5.88 Å². The lowest BCUT2D eigenvalue weighted by molar-refractivity contribution is 0.312. The lowest BCUT2D eigenvalue weighted by Crippen LogP contribution is -2.09. The molecule has 17 heavy (non-hydrogen) atoms. The fourth-order valence-electron chi connectivity index (χ4n) is 2.86. The first-order valence-electron chi connectivity index (χ1n) is 6.61. The highest BCUT2D eigenvalue weighted by molar-refractivity contribution is 5.29. The zero-order valence-corrected chi connectivity index (χ0v) is 11.2. The van der Waals surface area contributed by atoms with Crippen molar-refractivity contribution >= 4 is 0 Å². The maximum Gasteiger partial charge on any atom is 0.216 e. The molecule has 0 aromatic carbocycles. The van der Waals surface area contributed by atoms with Crippen molar-refractivity contribution in [1.82, 2.24) is 4.98 Å². The molecule has 0 amide bonds. The summed E-state index contributed by atoms with van der Waals surface area (Å²) in [6, 6.07) is 4.20. The highest BCUT2D eigenvalue weighted by Crippen LogP contribution is 2.41. The van der Waals surface area contributed by atoms with Crippen LogP contribution in [0.15, 0.2) is 18.3 Å². The van der Waals surface area contributed by atoms with Crippen molar-refractivity contribution < 1.29 is 4.74 Å².